The molecule has 96 valence electrons. The molecule has 5 heteroatoms. The van der Waals surface area contributed by atoms with Gasteiger partial charge in [0, 0.05) is 18.2 Å². The van der Waals surface area contributed by atoms with E-state index in [-0.39, 0.29) is 11.9 Å². The van der Waals surface area contributed by atoms with Gasteiger partial charge in [0.1, 0.15) is 17.5 Å². The number of aryl methyl sites for hydroxylation is 1. The third-order valence-electron chi connectivity index (χ3n) is 3.21. The minimum atomic E-state index is -0.317. The van der Waals surface area contributed by atoms with Crippen LogP contribution in [0.4, 0.5) is 4.39 Å². The summed E-state index contributed by atoms with van der Waals surface area (Å²) in [6, 6.07) is 6.31. The molecule has 19 heavy (non-hydrogen) atoms. The Kier molecular flexibility index (Phi) is 2.74. The van der Waals surface area contributed by atoms with Crippen molar-refractivity contribution in [1.82, 2.24) is 9.97 Å². The Balaban J connectivity index is 2.05. The monoisotopic (exact) mass is 256 g/mol. The number of amidine groups is 1. The van der Waals surface area contributed by atoms with Crippen molar-refractivity contribution in [1.29, 1.82) is 0 Å². The summed E-state index contributed by atoms with van der Waals surface area (Å²) >= 11 is 0. The lowest BCUT2D eigenvalue weighted by Crippen LogP contribution is -2.25. The lowest BCUT2D eigenvalue weighted by Gasteiger charge is -2.21. The number of rotatable bonds is 1. The summed E-state index contributed by atoms with van der Waals surface area (Å²) in [5, 5.41) is 0. The molecule has 1 atom stereocenters. The fraction of sp³-hybridized carbons (Fsp3) is 0.214. The van der Waals surface area contributed by atoms with Gasteiger partial charge in [-0.05, 0) is 13.0 Å². The molecule has 0 saturated heterocycles. The van der Waals surface area contributed by atoms with Crippen molar-refractivity contribution in [3.63, 3.8) is 0 Å². The van der Waals surface area contributed by atoms with Crippen molar-refractivity contribution in [3.05, 3.63) is 58.9 Å². The maximum absolute atomic E-state index is 13.8. The minimum Gasteiger partial charge on any atom is -0.383 e. The number of fused-ring (bicyclic) bond motifs is 1. The fourth-order valence-electron chi connectivity index (χ4n) is 2.28. The molecule has 0 aliphatic carbocycles. The SMILES string of the molecule is Cc1ncc2c(n1)CC(c1ccccc1F)N=C2N. The zero-order valence-corrected chi connectivity index (χ0v) is 10.5. The van der Waals surface area contributed by atoms with Crippen LogP contribution in [0.25, 0.3) is 0 Å². The van der Waals surface area contributed by atoms with Gasteiger partial charge in [-0.1, -0.05) is 18.2 Å². The predicted molar refractivity (Wildman–Crippen MR) is 70.3 cm³/mol. The van der Waals surface area contributed by atoms with E-state index >= 15 is 0 Å². The summed E-state index contributed by atoms with van der Waals surface area (Å²) < 4.78 is 13.8. The van der Waals surface area contributed by atoms with Crippen molar-refractivity contribution >= 4 is 5.84 Å². The van der Waals surface area contributed by atoms with Crippen LogP contribution in [0.15, 0.2) is 35.5 Å². The molecular weight excluding hydrogens is 243 g/mol. The van der Waals surface area contributed by atoms with E-state index < -0.39 is 0 Å². The third kappa shape index (κ3) is 2.07. The highest BCUT2D eigenvalue weighted by molar-refractivity contribution is 5.99. The number of benzene rings is 1. The van der Waals surface area contributed by atoms with Gasteiger partial charge in [-0.25, -0.2) is 14.4 Å². The zero-order chi connectivity index (χ0) is 13.4. The van der Waals surface area contributed by atoms with Crippen molar-refractivity contribution in [2.45, 2.75) is 19.4 Å². The first-order valence-electron chi connectivity index (χ1n) is 6.05. The van der Waals surface area contributed by atoms with Crippen LogP contribution in [0.3, 0.4) is 0 Å². The molecule has 2 heterocycles. The summed E-state index contributed by atoms with van der Waals surface area (Å²) in [6.45, 7) is 1.82. The molecule has 3 rings (SSSR count). The highest BCUT2D eigenvalue weighted by atomic mass is 19.1. The van der Waals surface area contributed by atoms with Crippen LogP contribution in [0.2, 0.25) is 0 Å². The molecule has 0 radical (unpaired) electrons. The molecule has 2 aromatic rings. The minimum absolute atomic E-state index is 0.265. The maximum Gasteiger partial charge on any atom is 0.129 e. The number of aromatic nitrogens is 2. The van der Waals surface area contributed by atoms with E-state index in [0.29, 0.717) is 23.6 Å². The maximum atomic E-state index is 13.8. The van der Waals surface area contributed by atoms with Gasteiger partial charge >= 0.3 is 0 Å². The Hall–Kier alpha value is -2.30. The molecule has 0 fully saturated rings. The van der Waals surface area contributed by atoms with Crippen LogP contribution < -0.4 is 5.73 Å². The number of nitrogens with zero attached hydrogens (tertiary/aromatic N) is 3. The lowest BCUT2D eigenvalue weighted by atomic mass is 9.96. The lowest BCUT2D eigenvalue weighted by molar-refractivity contribution is 0.575. The van der Waals surface area contributed by atoms with Crippen LogP contribution in [0, 0.1) is 12.7 Å². The van der Waals surface area contributed by atoms with E-state index in [0.717, 1.165) is 11.3 Å². The standard InChI is InChI=1S/C14H13FN4/c1-8-17-7-10-13(18-8)6-12(19-14(10)16)9-4-2-3-5-11(9)15/h2-5,7,12H,6H2,1H3,(H2,16,19). The quantitative estimate of drug-likeness (QED) is 0.847. The first kappa shape index (κ1) is 11.8. The number of hydrogen-bond acceptors (Lipinski definition) is 4. The molecule has 1 aliphatic rings. The van der Waals surface area contributed by atoms with Gasteiger partial charge in [0.15, 0.2) is 0 Å². The zero-order valence-electron chi connectivity index (χ0n) is 10.5. The van der Waals surface area contributed by atoms with Gasteiger partial charge in [0.2, 0.25) is 0 Å². The Morgan fingerprint density at radius 3 is 2.89 bits per heavy atom. The van der Waals surface area contributed by atoms with Crippen LogP contribution in [0.1, 0.15) is 28.7 Å². The summed E-state index contributed by atoms with van der Waals surface area (Å²) in [5.74, 6) is 0.786. The summed E-state index contributed by atoms with van der Waals surface area (Å²) in [7, 11) is 0. The van der Waals surface area contributed by atoms with Gasteiger partial charge in [-0.2, -0.15) is 0 Å². The van der Waals surface area contributed by atoms with Crippen LogP contribution in [-0.2, 0) is 6.42 Å². The van der Waals surface area contributed by atoms with E-state index in [9.17, 15) is 4.39 Å². The predicted octanol–water partition coefficient (Wildman–Crippen LogP) is 1.93. The van der Waals surface area contributed by atoms with Crippen LogP contribution in [0.5, 0.6) is 0 Å². The first-order chi connectivity index (χ1) is 9.15. The summed E-state index contributed by atoms with van der Waals surface area (Å²) in [5.41, 5.74) is 8.05. The van der Waals surface area contributed by atoms with E-state index in [1.807, 2.05) is 6.92 Å². The molecular formula is C14H13FN4. The number of hydrogen-bond donors (Lipinski definition) is 1. The van der Waals surface area contributed by atoms with Crippen molar-refractivity contribution in [3.8, 4) is 0 Å². The topological polar surface area (TPSA) is 64.2 Å². The first-order valence-corrected chi connectivity index (χ1v) is 6.05. The smallest absolute Gasteiger partial charge is 0.129 e. The molecule has 1 aliphatic heterocycles. The van der Waals surface area contributed by atoms with E-state index in [1.54, 1.807) is 24.4 Å². The van der Waals surface area contributed by atoms with E-state index in [4.69, 9.17) is 5.73 Å². The van der Waals surface area contributed by atoms with Crippen molar-refractivity contribution in [2.75, 3.05) is 0 Å². The molecule has 0 saturated carbocycles. The Morgan fingerprint density at radius 2 is 2.11 bits per heavy atom. The van der Waals surface area contributed by atoms with Crippen LogP contribution in [-0.4, -0.2) is 15.8 Å². The number of aliphatic imine (C=N–C) groups is 1. The Bertz CT molecular complexity index is 666. The van der Waals surface area contributed by atoms with Crippen molar-refractivity contribution in [2.24, 2.45) is 10.7 Å². The van der Waals surface area contributed by atoms with Crippen LogP contribution >= 0.6 is 0 Å². The molecule has 2 N–H and O–H groups in total. The highest BCUT2D eigenvalue weighted by Crippen LogP contribution is 2.29. The second kappa shape index (κ2) is 4.42. The second-order valence-electron chi connectivity index (χ2n) is 4.53. The van der Waals surface area contributed by atoms with E-state index in [1.165, 1.54) is 6.07 Å². The van der Waals surface area contributed by atoms with Gasteiger partial charge in [0.25, 0.3) is 0 Å². The van der Waals surface area contributed by atoms with Gasteiger partial charge in [0.05, 0.1) is 17.3 Å². The molecule has 0 spiro atoms. The average Bonchev–Trinajstić information content (AvgIpc) is 2.38. The Morgan fingerprint density at radius 1 is 1.32 bits per heavy atom. The summed E-state index contributed by atoms with van der Waals surface area (Å²) in [6.07, 6.45) is 2.22. The average molecular weight is 256 g/mol. The van der Waals surface area contributed by atoms with Gasteiger partial charge in [-0.15, -0.1) is 0 Å². The third-order valence-corrected chi connectivity index (χ3v) is 3.21. The fourth-order valence-corrected chi connectivity index (χ4v) is 2.28. The molecule has 1 aromatic carbocycles. The second-order valence-corrected chi connectivity index (χ2v) is 4.53. The molecule has 0 amide bonds. The molecule has 1 unspecified atom stereocenters. The number of nitrogens with two attached hydrogens (primary N) is 1. The van der Waals surface area contributed by atoms with Gasteiger partial charge < -0.3 is 5.73 Å². The van der Waals surface area contributed by atoms with Crippen molar-refractivity contribution < 1.29 is 4.39 Å². The molecule has 4 nitrogen and oxygen atoms in total. The summed E-state index contributed by atoms with van der Waals surface area (Å²) in [4.78, 5) is 12.8. The normalized spacial score (nSPS) is 17.8. The van der Waals surface area contributed by atoms with E-state index in [2.05, 4.69) is 15.0 Å². The number of halogens is 1. The molecule has 1 aromatic heterocycles. The Labute approximate surface area is 110 Å². The molecule has 0 bridgehead atoms. The highest BCUT2D eigenvalue weighted by Gasteiger charge is 2.24. The van der Waals surface area contributed by atoms with Gasteiger partial charge in [-0.3, -0.25) is 4.99 Å². The largest absolute Gasteiger partial charge is 0.383 e.